The molecule has 204 valence electrons. The number of halogens is 4. The molecule has 2 atom stereocenters. The van der Waals surface area contributed by atoms with Crippen molar-refractivity contribution in [3.05, 3.63) is 82.6 Å². The van der Waals surface area contributed by atoms with Gasteiger partial charge in [0.1, 0.15) is 23.5 Å². The van der Waals surface area contributed by atoms with Crippen molar-refractivity contribution in [2.24, 2.45) is 0 Å². The average Bonchev–Trinajstić information content (AvgIpc) is 3.24. The number of nitrogens with one attached hydrogen (secondary N) is 2. The molecular formula is C27H30F4N4O3. The number of hydrogen-bond donors (Lipinski definition) is 3. The van der Waals surface area contributed by atoms with E-state index in [9.17, 15) is 32.3 Å². The first-order chi connectivity index (χ1) is 17.5. The summed E-state index contributed by atoms with van der Waals surface area (Å²) in [7, 11) is 0. The molecule has 0 aliphatic carbocycles. The van der Waals surface area contributed by atoms with Gasteiger partial charge in [-0.2, -0.15) is 5.10 Å². The van der Waals surface area contributed by atoms with E-state index in [-0.39, 0.29) is 11.4 Å². The predicted octanol–water partition coefficient (Wildman–Crippen LogP) is 4.70. The van der Waals surface area contributed by atoms with Gasteiger partial charge >= 0.3 is 0 Å². The van der Waals surface area contributed by atoms with Gasteiger partial charge in [-0.05, 0) is 63.1 Å². The zero-order valence-corrected chi connectivity index (χ0v) is 21.9. The summed E-state index contributed by atoms with van der Waals surface area (Å²) in [6.45, 7) is 10.5. The van der Waals surface area contributed by atoms with Gasteiger partial charge < -0.3 is 15.7 Å². The Bertz CT molecular complexity index is 1340. The molecule has 1 aromatic heterocycles. The Hall–Kier alpha value is -3.73. The third-order valence-corrected chi connectivity index (χ3v) is 6.08. The number of carbonyl (C=O) groups excluding carboxylic acids is 2. The van der Waals surface area contributed by atoms with Crippen LogP contribution in [-0.2, 0) is 20.5 Å². The molecule has 1 heterocycles. The molecule has 0 fully saturated rings. The van der Waals surface area contributed by atoms with Crippen molar-refractivity contribution in [1.29, 1.82) is 0 Å². The summed E-state index contributed by atoms with van der Waals surface area (Å²) in [5, 5.41) is 19.8. The molecule has 0 radical (unpaired) electrons. The van der Waals surface area contributed by atoms with Crippen LogP contribution in [0.15, 0.2) is 42.5 Å². The average molecular weight is 535 g/mol. The zero-order valence-electron chi connectivity index (χ0n) is 21.9. The van der Waals surface area contributed by atoms with E-state index in [1.807, 2.05) is 20.8 Å². The third kappa shape index (κ3) is 6.21. The topological polar surface area (TPSA) is 96.2 Å². The zero-order chi connectivity index (χ0) is 28.6. The molecule has 0 spiro atoms. The number of anilines is 1. The van der Waals surface area contributed by atoms with E-state index >= 15 is 0 Å². The fourth-order valence-corrected chi connectivity index (χ4v) is 3.80. The maximum absolute atomic E-state index is 13.9. The molecule has 3 rings (SSSR count). The van der Waals surface area contributed by atoms with Crippen LogP contribution in [0.2, 0.25) is 0 Å². The smallest absolute Gasteiger partial charge is 0.254 e. The van der Waals surface area contributed by atoms with Crippen LogP contribution in [0.3, 0.4) is 0 Å². The standard InChI is InChI=1S/C27H30F4N4O3/c1-14(32-25(38)23(36)15-9-17(28)12-18(29)10-15)24(37)33-22-13-21(34-35(22)26(2,3)4)27(5,6)16-7-8-19(30)20(31)11-16/h7-14,23,36H,1-6H3,(H,32,38)(H,33,37)/t14-,23-/m0/s1. The minimum absolute atomic E-state index is 0.280. The Morgan fingerprint density at radius 3 is 2.05 bits per heavy atom. The third-order valence-electron chi connectivity index (χ3n) is 6.08. The minimum atomic E-state index is -1.90. The predicted molar refractivity (Wildman–Crippen MR) is 133 cm³/mol. The molecule has 3 N–H and O–H groups in total. The fraction of sp³-hybridized carbons (Fsp3) is 0.370. The quantitative estimate of drug-likeness (QED) is 0.383. The molecule has 2 amide bonds. The second-order valence-corrected chi connectivity index (χ2v) is 10.6. The van der Waals surface area contributed by atoms with Crippen molar-refractivity contribution in [3.8, 4) is 0 Å². The summed E-state index contributed by atoms with van der Waals surface area (Å²) in [6.07, 6.45) is -1.90. The largest absolute Gasteiger partial charge is 0.378 e. The van der Waals surface area contributed by atoms with E-state index in [4.69, 9.17) is 0 Å². The highest BCUT2D eigenvalue weighted by atomic mass is 19.2. The highest BCUT2D eigenvalue weighted by Gasteiger charge is 2.32. The van der Waals surface area contributed by atoms with Gasteiger partial charge in [0.15, 0.2) is 17.7 Å². The summed E-state index contributed by atoms with van der Waals surface area (Å²) in [6, 6.07) is 6.27. The van der Waals surface area contributed by atoms with Gasteiger partial charge in [0.05, 0.1) is 11.2 Å². The lowest BCUT2D eigenvalue weighted by atomic mass is 9.81. The Labute approximate surface area is 217 Å². The molecule has 0 aliphatic heterocycles. The lowest BCUT2D eigenvalue weighted by molar-refractivity contribution is -0.132. The van der Waals surface area contributed by atoms with Crippen molar-refractivity contribution in [2.45, 2.75) is 64.6 Å². The maximum atomic E-state index is 13.9. The summed E-state index contributed by atoms with van der Waals surface area (Å²) in [5.74, 6) is -5.29. The normalized spacial score (nSPS) is 13.7. The van der Waals surface area contributed by atoms with Crippen molar-refractivity contribution >= 4 is 17.6 Å². The van der Waals surface area contributed by atoms with Crippen LogP contribution in [0.1, 0.15) is 64.5 Å². The molecule has 2 aromatic carbocycles. The van der Waals surface area contributed by atoms with Crippen LogP contribution in [-0.4, -0.2) is 32.7 Å². The first-order valence-electron chi connectivity index (χ1n) is 11.8. The number of hydrogen-bond acceptors (Lipinski definition) is 4. The van der Waals surface area contributed by atoms with E-state index in [0.29, 0.717) is 17.3 Å². The highest BCUT2D eigenvalue weighted by Crippen LogP contribution is 2.34. The Morgan fingerprint density at radius 2 is 1.50 bits per heavy atom. The number of carbonyl (C=O) groups is 2. The first kappa shape index (κ1) is 28.8. The van der Waals surface area contributed by atoms with Crippen molar-refractivity contribution in [3.63, 3.8) is 0 Å². The molecule has 38 heavy (non-hydrogen) atoms. The summed E-state index contributed by atoms with van der Waals surface area (Å²) >= 11 is 0. The second kappa shape index (κ2) is 10.6. The summed E-state index contributed by atoms with van der Waals surface area (Å²) < 4.78 is 55.9. The molecule has 0 bridgehead atoms. The van der Waals surface area contributed by atoms with Crippen LogP contribution >= 0.6 is 0 Å². The number of aromatic nitrogens is 2. The summed E-state index contributed by atoms with van der Waals surface area (Å²) in [4.78, 5) is 25.4. The van der Waals surface area contributed by atoms with Gasteiger partial charge in [-0.3, -0.25) is 9.59 Å². The van der Waals surface area contributed by atoms with Crippen LogP contribution < -0.4 is 10.6 Å². The van der Waals surface area contributed by atoms with Crippen LogP contribution in [0.4, 0.5) is 23.4 Å². The SMILES string of the molecule is C[C@H](NC(=O)[C@@H](O)c1cc(F)cc(F)c1)C(=O)Nc1cc(C(C)(C)c2ccc(F)c(F)c2)nn1C(C)(C)C. The molecule has 0 unspecified atom stereocenters. The van der Waals surface area contributed by atoms with E-state index < -0.39 is 58.2 Å². The molecule has 11 heteroatoms. The molecule has 3 aromatic rings. The minimum Gasteiger partial charge on any atom is -0.378 e. The van der Waals surface area contributed by atoms with Gasteiger partial charge in [0, 0.05) is 17.5 Å². The molecule has 0 aliphatic rings. The van der Waals surface area contributed by atoms with Crippen LogP contribution in [0.5, 0.6) is 0 Å². The molecular weight excluding hydrogens is 504 g/mol. The number of aliphatic hydroxyl groups is 1. The van der Waals surface area contributed by atoms with Crippen LogP contribution in [0.25, 0.3) is 0 Å². The van der Waals surface area contributed by atoms with Gasteiger partial charge in [-0.15, -0.1) is 0 Å². The molecule has 0 saturated carbocycles. The highest BCUT2D eigenvalue weighted by molar-refractivity contribution is 5.97. The lowest BCUT2D eigenvalue weighted by Crippen LogP contribution is -2.44. The fourth-order valence-electron chi connectivity index (χ4n) is 3.80. The second-order valence-electron chi connectivity index (χ2n) is 10.6. The number of amides is 2. The maximum Gasteiger partial charge on any atom is 0.254 e. The summed E-state index contributed by atoms with van der Waals surface area (Å²) in [5.41, 5.74) is -0.836. The van der Waals surface area contributed by atoms with Gasteiger partial charge in [-0.25, -0.2) is 22.2 Å². The number of benzene rings is 2. The van der Waals surface area contributed by atoms with E-state index in [1.54, 1.807) is 24.6 Å². The molecule has 0 saturated heterocycles. The van der Waals surface area contributed by atoms with Crippen molar-refractivity contribution in [2.75, 3.05) is 5.32 Å². The van der Waals surface area contributed by atoms with E-state index in [0.717, 1.165) is 24.3 Å². The lowest BCUT2D eigenvalue weighted by Gasteiger charge is -2.25. The number of rotatable bonds is 7. The van der Waals surface area contributed by atoms with Gasteiger partial charge in [0.25, 0.3) is 5.91 Å². The number of nitrogens with zero attached hydrogens (tertiary/aromatic N) is 2. The van der Waals surface area contributed by atoms with Crippen molar-refractivity contribution < 1.29 is 32.3 Å². The van der Waals surface area contributed by atoms with Crippen LogP contribution in [0, 0.1) is 23.3 Å². The van der Waals surface area contributed by atoms with Gasteiger partial charge in [0.2, 0.25) is 5.91 Å². The monoisotopic (exact) mass is 534 g/mol. The first-order valence-corrected chi connectivity index (χ1v) is 11.8. The van der Waals surface area contributed by atoms with E-state index in [2.05, 4.69) is 15.7 Å². The van der Waals surface area contributed by atoms with Gasteiger partial charge in [-0.1, -0.05) is 19.9 Å². The van der Waals surface area contributed by atoms with Crippen molar-refractivity contribution in [1.82, 2.24) is 15.1 Å². The Morgan fingerprint density at radius 1 is 0.895 bits per heavy atom. The van der Waals surface area contributed by atoms with E-state index in [1.165, 1.54) is 13.0 Å². The Balaban J connectivity index is 1.82. The molecule has 7 nitrogen and oxygen atoms in total. The Kier molecular flexibility index (Phi) is 8.02. The number of aliphatic hydroxyl groups excluding tert-OH is 1.